The van der Waals surface area contributed by atoms with Gasteiger partial charge in [0.05, 0.1) is 26.7 Å². The third-order valence-electron chi connectivity index (χ3n) is 5.21. The SMILES string of the molecule is COc1ccc(CC(=O)NCC(c2ccsc2)N2CCN(C)CC2)cc1OC. The van der Waals surface area contributed by atoms with Crippen molar-refractivity contribution >= 4 is 17.2 Å². The van der Waals surface area contributed by atoms with Gasteiger partial charge in [0.2, 0.25) is 5.91 Å². The summed E-state index contributed by atoms with van der Waals surface area (Å²) >= 11 is 1.70. The Morgan fingerprint density at radius 2 is 1.89 bits per heavy atom. The average molecular weight is 404 g/mol. The van der Waals surface area contributed by atoms with E-state index < -0.39 is 0 Å². The number of benzene rings is 1. The van der Waals surface area contributed by atoms with Gasteiger partial charge in [0, 0.05) is 32.7 Å². The van der Waals surface area contributed by atoms with Gasteiger partial charge in [0.15, 0.2) is 11.5 Å². The molecule has 1 aliphatic heterocycles. The normalized spacial score (nSPS) is 16.5. The number of likely N-dealkylation sites (N-methyl/N-ethyl adjacent to an activating group) is 1. The summed E-state index contributed by atoms with van der Waals surface area (Å²) in [5.41, 5.74) is 2.18. The molecular weight excluding hydrogens is 374 g/mol. The highest BCUT2D eigenvalue weighted by molar-refractivity contribution is 7.07. The number of rotatable bonds is 8. The molecule has 2 heterocycles. The number of ether oxygens (including phenoxy) is 2. The van der Waals surface area contributed by atoms with Crippen molar-refractivity contribution in [1.82, 2.24) is 15.1 Å². The van der Waals surface area contributed by atoms with E-state index in [1.54, 1.807) is 25.6 Å². The summed E-state index contributed by atoms with van der Waals surface area (Å²) < 4.78 is 10.6. The second kappa shape index (κ2) is 9.91. The number of hydrogen-bond acceptors (Lipinski definition) is 6. The average Bonchev–Trinajstić information content (AvgIpc) is 3.24. The number of nitrogens with one attached hydrogen (secondary N) is 1. The molecule has 0 aliphatic carbocycles. The van der Waals surface area contributed by atoms with Crippen LogP contribution in [0, 0.1) is 0 Å². The van der Waals surface area contributed by atoms with Crippen molar-refractivity contribution in [2.75, 3.05) is 54.0 Å². The molecule has 2 aromatic rings. The van der Waals surface area contributed by atoms with Gasteiger partial charge in [-0.2, -0.15) is 11.3 Å². The Morgan fingerprint density at radius 3 is 2.54 bits per heavy atom. The zero-order valence-corrected chi connectivity index (χ0v) is 17.6. The fraction of sp³-hybridized carbons (Fsp3) is 0.476. The molecule has 6 nitrogen and oxygen atoms in total. The number of carbonyl (C=O) groups is 1. The molecule has 3 rings (SSSR count). The summed E-state index contributed by atoms with van der Waals surface area (Å²) in [7, 11) is 5.36. The highest BCUT2D eigenvalue weighted by Crippen LogP contribution is 2.28. The first-order chi connectivity index (χ1) is 13.6. The van der Waals surface area contributed by atoms with Gasteiger partial charge in [-0.15, -0.1) is 0 Å². The van der Waals surface area contributed by atoms with E-state index in [9.17, 15) is 4.79 Å². The summed E-state index contributed by atoms with van der Waals surface area (Å²) in [6.45, 7) is 4.76. The van der Waals surface area contributed by atoms with Crippen LogP contribution in [0.4, 0.5) is 0 Å². The molecule has 7 heteroatoms. The van der Waals surface area contributed by atoms with Crippen LogP contribution in [0.3, 0.4) is 0 Å². The van der Waals surface area contributed by atoms with Crippen molar-refractivity contribution in [2.45, 2.75) is 12.5 Å². The number of piperazine rings is 1. The maximum absolute atomic E-state index is 12.6. The minimum absolute atomic E-state index is 0.0153. The summed E-state index contributed by atoms with van der Waals surface area (Å²) in [4.78, 5) is 17.4. The minimum atomic E-state index is 0.0153. The smallest absolute Gasteiger partial charge is 0.224 e. The molecule has 28 heavy (non-hydrogen) atoms. The van der Waals surface area contributed by atoms with E-state index in [0.717, 1.165) is 31.7 Å². The Kier molecular flexibility index (Phi) is 7.30. The maximum atomic E-state index is 12.6. The third-order valence-corrected chi connectivity index (χ3v) is 5.91. The molecule has 1 fully saturated rings. The topological polar surface area (TPSA) is 54.0 Å². The van der Waals surface area contributed by atoms with Gasteiger partial charge in [0.1, 0.15) is 0 Å². The Labute approximate surface area is 171 Å². The van der Waals surface area contributed by atoms with Crippen LogP contribution in [0.2, 0.25) is 0 Å². The van der Waals surface area contributed by atoms with Crippen LogP contribution in [0.5, 0.6) is 11.5 Å². The van der Waals surface area contributed by atoms with E-state index in [0.29, 0.717) is 24.5 Å². The van der Waals surface area contributed by atoms with Gasteiger partial charge < -0.3 is 19.7 Å². The lowest BCUT2D eigenvalue weighted by Crippen LogP contribution is -2.48. The van der Waals surface area contributed by atoms with E-state index in [-0.39, 0.29) is 11.9 Å². The monoisotopic (exact) mass is 403 g/mol. The zero-order chi connectivity index (χ0) is 19.9. The van der Waals surface area contributed by atoms with E-state index in [4.69, 9.17) is 9.47 Å². The molecule has 1 aromatic heterocycles. The van der Waals surface area contributed by atoms with Crippen molar-refractivity contribution < 1.29 is 14.3 Å². The molecule has 152 valence electrons. The van der Waals surface area contributed by atoms with Gasteiger partial charge >= 0.3 is 0 Å². The Bertz CT molecular complexity index is 758. The number of amides is 1. The van der Waals surface area contributed by atoms with Crippen LogP contribution >= 0.6 is 11.3 Å². The van der Waals surface area contributed by atoms with E-state index in [1.807, 2.05) is 18.2 Å². The number of carbonyl (C=O) groups excluding carboxylic acids is 1. The van der Waals surface area contributed by atoms with Crippen molar-refractivity contribution in [3.8, 4) is 11.5 Å². The summed E-state index contributed by atoms with van der Waals surface area (Å²) in [6, 6.07) is 7.97. The molecule has 1 aliphatic rings. The van der Waals surface area contributed by atoms with Crippen LogP contribution < -0.4 is 14.8 Å². The lowest BCUT2D eigenvalue weighted by molar-refractivity contribution is -0.120. The quantitative estimate of drug-likeness (QED) is 0.734. The predicted octanol–water partition coefficient (Wildman–Crippen LogP) is 2.41. The van der Waals surface area contributed by atoms with Gasteiger partial charge in [-0.05, 0) is 47.1 Å². The molecule has 1 saturated heterocycles. The first-order valence-electron chi connectivity index (χ1n) is 9.53. The summed E-state index contributed by atoms with van der Waals surface area (Å²) in [5.74, 6) is 1.32. The first-order valence-corrected chi connectivity index (χ1v) is 10.5. The van der Waals surface area contributed by atoms with Crippen molar-refractivity contribution in [3.63, 3.8) is 0 Å². The number of hydrogen-bond donors (Lipinski definition) is 1. The predicted molar refractivity (Wildman–Crippen MR) is 112 cm³/mol. The fourth-order valence-electron chi connectivity index (χ4n) is 3.50. The first kappa shape index (κ1) is 20.6. The minimum Gasteiger partial charge on any atom is -0.493 e. The van der Waals surface area contributed by atoms with E-state index in [1.165, 1.54) is 5.56 Å². The van der Waals surface area contributed by atoms with E-state index in [2.05, 4.69) is 39.0 Å². The number of nitrogens with zero attached hydrogens (tertiary/aromatic N) is 2. The van der Waals surface area contributed by atoms with Gasteiger partial charge in [-0.25, -0.2) is 0 Å². The van der Waals surface area contributed by atoms with Crippen LogP contribution in [0.15, 0.2) is 35.0 Å². The molecule has 1 aromatic carbocycles. The summed E-state index contributed by atoms with van der Waals surface area (Å²) in [6.07, 6.45) is 0.319. The van der Waals surface area contributed by atoms with Gasteiger partial charge in [-0.1, -0.05) is 6.07 Å². The molecule has 1 N–H and O–H groups in total. The van der Waals surface area contributed by atoms with Crippen LogP contribution in [-0.2, 0) is 11.2 Å². The van der Waals surface area contributed by atoms with Gasteiger partial charge in [-0.3, -0.25) is 9.69 Å². The molecule has 0 spiro atoms. The molecule has 0 saturated carbocycles. The molecule has 1 atom stereocenters. The fourth-order valence-corrected chi connectivity index (χ4v) is 4.21. The van der Waals surface area contributed by atoms with Crippen molar-refractivity contribution in [1.29, 1.82) is 0 Å². The highest BCUT2D eigenvalue weighted by Gasteiger charge is 2.24. The zero-order valence-electron chi connectivity index (χ0n) is 16.8. The van der Waals surface area contributed by atoms with Crippen LogP contribution in [0.1, 0.15) is 17.2 Å². The maximum Gasteiger partial charge on any atom is 0.224 e. The van der Waals surface area contributed by atoms with E-state index >= 15 is 0 Å². The number of methoxy groups -OCH3 is 2. The van der Waals surface area contributed by atoms with Crippen molar-refractivity contribution in [2.24, 2.45) is 0 Å². The Balaban J connectivity index is 1.61. The summed E-state index contributed by atoms with van der Waals surface area (Å²) in [5, 5.41) is 7.42. The molecule has 1 amide bonds. The Morgan fingerprint density at radius 1 is 1.14 bits per heavy atom. The largest absolute Gasteiger partial charge is 0.493 e. The second-order valence-corrected chi connectivity index (χ2v) is 7.86. The molecule has 1 unspecified atom stereocenters. The lowest BCUT2D eigenvalue weighted by atomic mass is 10.1. The molecule has 0 bridgehead atoms. The molecular formula is C21H29N3O3S. The van der Waals surface area contributed by atoms with Crippen LogP contribution in [-0.4, -0.2) is 69.7 Å². The van der Waals surface area contributed by atoms with Gasteiger partial charge in [0.25, 0.3) is 0 Å². The second-order valence-electron chi connectivity index (χ2n) is 7.08. The standard InChI is InChI=1S/C21H29N3O3S/c1-23-7-9-24(10-8-23)18(17-6-11-28-15-17)14-22-21(25)13-16-4-5-19(26-2)20(12-16)27-3/h4-6,11-12,15,18H,7-10,13-14H2,1-3H3,(H,22,25). The highest BCUT2D eigenvalue weighted by atomic mass is 32.1. The Hall–Kier alpha value is -2.09. The van der Waals surface area contributed by atoms with Crippen LogP contribution in [0.25, 0.3) is 0 Å². The van der Waals surface area contributed by atoms with Crippen molar-refractivity contribution in [3.05, 3.63) is 46.2 Å². The molecule has 0 radical (unpaired) electrons. The third kappa shape index (κ3) is 5.25. The lowest BCUT2D eigenvalue weighted by Gasteiger charge is -2.38. The number of thiophene rings is 1.